The highest BCUT2D eigenvalue weighted by molar-refractivity contribution is 7.90. The fourth-order valence-electron chi connectivity index (χ4n) is 4.61. The summed E-state index contributed by atoms with van der Waals surface area (Å²) in [5, 5.41) is 6.94. The zero-order chi connectivity index (χ0) is 28.6. The second-order valence-electron chi connectivity index (χ2n) is 9.49. The average molecular weight is 561 g/mol. The Kier molecular flexibility index (Phi) is 7.03. The Labute approximate surface area is 231 Å². The molecule has 0 aliphatic carbocycles. The van der Waals surface area contributed by atoms with E-state index in [-0.39, 0.29) is 34.9 Å². The number of nitrogens with one attached hydrogen (secondary N) is 1. The zero-order valence-corrected chi connectivity index (χ0v) is 23.3. The van der Waals surface area contributed by atoms with Crippen molar-refractivity contribution in [3.8, 4) is 11.4 Å². The van der Waals surface area contributed by atoms with E-state index in [9.17, 15) is 18.0 Å². The Balaban J connectivity index is 1.65. The van der Waals surface area contributed by atoms with Crippen molar-refractivity contribution in [3.63, 3.8) is 0 Å². The van der Waals surface area contributed by atoms with Gasteiger partial charge in [-0.15, -0.1) is 0 Å². The molecule has 1 aliphatic heterocycles. The number of rotatable bonds is 7. The molecule has 206 valence electrons. The highest BCUT2D eigenvalue weighted by atomic mass is 32.2. The minimum atomic E-state index is -3.79. The summed E-state index contributed by atoms with van der Waals surface area (Å²) in [5.41, 5.74) is 2.38. The molecule has 0 saturated heterocycles. The first-order chi connectivity index (χ1) is 19.1. The van der Waals surface area contributed by atoms with Gasteiger partial charge in [-0.3, -0.25) is 9.59 Å². The maximum atomic E-state index is 14.0. The van der Waals surface area contributed by atoms with E-state index in [1.165, 1.54) is 17.9 Å². The number of benzene rings is 2. The van der Waals surface area contributed by atoms with Gasteiger partial charge in [0, 0.05) is 50.0 Å². The molecule has 4 aromatic rings. The van der Waals surface area contributed by atoms with Crippen LogP contribution in [0, 0.1) is 0 Å². The first kappa shape index (κ1) is 26.9. The molecule has 0 fully saturated rings. The third-order valence-electron chi connectivity index (χ3n) is 6.59. The number of sulfone groups is 1. The van der Waals surface area contributed by atoms with Crippen LogP contribution in [0.5, 0.6) is 5.75 Å². The summed E-state index contributed by atoms with van der Waals surface area (Å²) in [6.45, 7) is 0.275. The lowest BCUT2D eigenvalue weighted by Crippen LogP contribution is -2.39. The van der Waals surface area contributed by atoms with Gasteiger partial charge in [0.1, 0.15) is 17.3 Å². The van der Waals surface area contributed by atoms with Crippen LogP contribution < -0.4 is 19.9 Å². The molecule has 0 saturated carbocycles. The molecule has 0 bridgehead atoms. The van der Waals surface area contributed by atoms with Gasteiger partial charge in [0.25, 0.3) is 11.8 Å². The Morgan fingerprint density at radius 2 is 1.82 bits per heavy atom. The number of carbonyl (C=O) groups is 2. The average Bonchev–Trinajstić information content (AvgIpc) is 3.35. The Morgan fingerprint density at radius 1 is 1.07 bits per heavy atom. The Bertz CT molecular complexity index is 1700. The lowest BCUT2D eigenvalue weighted by molar-refractivity contribution is 0.0970. The number of hydrogen-bond donors (Lipinski definition) is 1. The number of anilines is 3. The van der Waals surface area contributed by atoms with Gasteiger partial charge >= 0.3 is 0 Å². The number of pyridine rings is 1. The Hall–Kier alpha value is -4.71. The summed E-state index contributed by atoms with van der Waals surface area (Å²) in [4.78, 5) is 35.1. The summed E-state index contributed by atoms with van der Waals surface area (Å²) < 4.78 is 32.1. The molecule has 1 N–H and O–H groups in total. The fraction of sp³-hybridized carbons (Fsp3) is 0.214. The van der Waals surface area contributed by atoms with Crippen LogP contribution in [0.3, 0.4) is 0 Å². The van der Waals surface area contributed by atoms with Gasteiger partial charge in [-0.25, -0.2) is 18.1 Å². The highest BCUT2D eigenvalue weighted by Crippen LogP contribution is 2.33. The van der Waals surface area contributed by atoms with E-state index in [2.05, 4.69) is 15.4 Å². The van der Waals surface area contributed by atoms with Crippen molar-refractivity contribution >= 4 is 38.8 Å². The molecule has 0 atom stereocenters. The van der Waals surface area contributed by atoms with Crippen molar-refractivity contribution in [1.29, 1.82) is 0 Å². The van der Waals surface area contributed by atoms with Crippen LogP contribution in [0.4, 0.5) is 17.2 Å². The molecule has 5 rings (SSSR count). The maximum absolute atomic E-state index is 14.0. The SMILES string of the molecule is COc1ccc(-n2nc(S(C)(=O)=O)c3c2C(=O)N(c2ccc(N(C)C)cc2)CC3)c(C(=O)Nc2ccccn2)c1. The monoisotopic (exact) mass is 560 g/mol. The maximum Gasteiger partial charge on any atom is 0.277 e. The molecule has 40 heavy (non-hydrogen) atoms. The number of amides is 2. The molecule has 0 spiro atoms. The lowest BCUT2D eigenvalue weighted by Gasteiger charge is -2.28. The molecule has 2 aromatic heterocycles. The van der Waals surface area contributed by atoms with Crippen molar-refractivity contribution in [3.05, 3.63) is 83.7 Å². The normalized spacial score (nSPS) is 13.1. The molecule has 3 heterocycles. The third kappa shape index (κ3) is 5.00. The van der Waals surface area contributed by atoms with Gasteiger partial charge in [0.05, 0.1) is 18.4 Å². The van der Waals surface area contributed by atoms with E-state index < -0.39 is 21.7 Å². The standard InChI is InChI=1S/C28H28N6O5S/c1-32(2)18-8-10-19(11-9-18)33-16-14-21-25(28(33)36)34(31-27(21)40(4,37)38)23-13-12-20(39-3)17-22(23)26(35)30-24-7-5-6-15-29-24/h5-13,15,17H,14,16H2,1-4H3,(H,29,30,35). The minimum Gasteiger partial charge on any atom is -0.497 e. The van der Waals surface area contributed by atoms with Crippen LogP contribution in [0.2, 0.25) is 0 Å². The van der Waals surface area contributed by atoms with Gasteiger partial charge in [0.2, 0.25) is 0 Å². The number of ether oxygens (including phenoxy) is 1. The third-order valence-corrected chi connectivity index (χ3v) is 7.62. The van der Waals surface area contributed by atoms with Gasteiger partial charge in [-0.05, 0) is 61.0 Å². The van der Waals surface area contributed by atoms with Crippen LogP contribution in [-0.4, -0.2) is 69.0 Å². The topological polar surface area (TPSA) is 127 Å². The fourth-order valence-corrected chi connectivity index (χ4v) is 5.48. The first-order valence-corrected chi connectivity index (χ1v) is 14.3. The predicted molar refractivity (Wildman–Crippen MR) is 152 cm³/mol. The van der Waals surface area contributed by atoms with Crippen LogP contribution in [-0.2, 0) is 16.3 Å². The van der Waals surface area contributed by atoms with Crippen LogP contribution >= 0.6 is 0 Å². The number of hydrogen-bond acceptors (Lipinski definition) is 8. The van der Waals surface area contributed by atoms with Gasteiger partial charge < -0.3 is 19.9 Å². The summed E-state index contributed by atoms with van der Waals surface area (Å²) in [6, 6.07) is 17.3. The number of fused-ring (bicyclic) bond motifs is 1. The smallest absolute Gasteiger partial charge is 0.277 e. The Morgan fingerprint density at radius 3 is 2.45 bits per heavy atom. The molecule has 0 radical (unpaired) electrons. The van der Waals surface area contributed by atoms with E-state index in [0.29, 0.717) is 22.8 Å². The van der Waals surface area contributed by atoms with E-state index in [1.54, 1.807) is 41.4 Å². The second kappa shape index (κ2) is 10.5. The summed E-state index contributed by atoms with van der Waals surface area (Å²) in [7, 11) is 1.53. The predicted octanol–water partition coefficient (Wildman–Crippen LogP) is 3.20. The van der Waals surface area contributed by atoms with Gasteiger partial charge in [-0.2, -0.15) is 5.10 Å². The summed E-state index contributed by atoms with van der Waals surface area (Å²) in [6.07, 6.45) is 2.87. The molecule has 0 unspecified atom stereocenters. The molecular weight excluding hydrogens is 532 g/mol. The number of nitrogens with zero attached hydrogens (tertiary/aromatic N) is 5. The van der Waals surface area contributed by atoms with E-state index >= 15 is 0 Å². The van der Waals surface area contributed by atoms with Gasteiger partial charge in [-0.1, -0.05) is 6.07 Å². The molecule has 1 aliphatic rings. The van der Waals surface area contributed by atoms with Crippen LogP contribution in [0.25, 0.3) is 5.69 Å². The number of aromatic nitrogens is 3. The van der Waals surface area contributed by atoms with Crippen molar-refractivity contribution in [2.75, 3.05) is 49.1 Å². The quantitative estimate of drug-likeness (QED) is 0.365. The van der Waals surface area contributed by atoms with Gasteiger partial charge in [0.15, 0.2) is 14.9 Å². The molecule has 2 amide bonds. The van der Waals surface area contributed by atoms with E-state index in [4.69, 9.17) is 4.74 Å². The number of methoxy groups -OCH3 is 1. The number of carbonyl (C=O) groups excluding carboxylic acids is 2. The molecular formula is C28H28N6O5S. The van der Waals surface area contributed by atoms with Crippen LogP contribution in [0.1, 0.15) is 26.4 Å². The largest absolute Gasteiger partial charge is 0.497 e. The molecule has 11 nitrogen and oxygen atoms in total. The van der Waals surface area contributed by atoms with Crippen LogP contribution in [0.15, 0.2) is 71.9 Å². The second-order valence-corrected chi connectivity index (χ2v) is 11.4. The molecule has 2 aromatic carbocycles. The first-order valence-electron chi connectivity index (χ1n) is 12.4. The van der Waals surface area contributed by atoms with Crippen molar-refractivity contribution < 1.29 is 22.7 Å². The zero-order valence-electron chi connectivity index (χ0n) is 22.5. The minimum absolute atomic E-state index is 0.0837. The summed E-state index contributed by atoms with van der Waals surface area (Å²) >= 11 is 0. The van der Waals surface area contributed by atoms with E-state index in [0.717, 1.165) is 11.9 Å². The lowest BCUT2D eigenvalue weighted by atomic mass is 10.0. The summed E-state index contributed by atoms with van der Waals surface area (Å²) in [5.74, 6) is -0.234. The highest BCUT2D eigenvalue weighted by Gasteiger charge is 2.36. The van der Waals surface area contributed by atoms with Crippen molar-refractivity contribution in [2.45, 2.75) is 11.4 Å². The van der Waals surface area contributed by atoms with Crippen molar-refractivity contribution in [2.24, 2.45) is 0 Å². The van der Waals surface area contributed by atoms with E-state index in [1.807, 2.05) is 43.3 Å². The van der Waals surface area contributed by atoms with Crippen molar-refractivity contribution in [1.82, 2.24) is 14.8 Å². The molecule has 12 heteroatoms.